The fourth-order valence-corrected chi connectivity index (χ4v) is 5.32. The zero-order valence-corrected chi connectivity index (χ0v) is 21.8. The van der Waals surface area contributed by atoms with Crippen molar-refractivity contribution in [3.8, 4) is 5.75 Å². The van der Waals surface area contributed by atoms with Crippen LogP contribution in [0, 0.1) is 5.82 Å². The maximum absolute atomic E-state index is 14.2. The quantitative estimate of drug-likeness (QED) is 0.200. The van der Waals surface area contributed by atoms with Crippen LogP contribution in [0.15, 0.2) is 97.1 Å². The molecule has 5 rings (SSSR count). The molecular formula is C32H27ClFNO4. The Hall–Kier alpha value is -4.13. The van der Waals surface area contributed by atoms with Gasteiger partial charge in [0.1, 0.15) is 11.6 Å². The second kappa shape index (κ2) is 11.7. The first-order valence-corrected chi connectivity index (χ1v) is 13.0. The third-order valence-electron chi connectivity index (χ3n) is 6.81. The molecule has 0 atom stereocenters. The summed E-state index contributed by atoms with van der Waals surface area (Å²) in [6, 6.07) is 29.8. The molecule has 0 bridgehead atoms. The number of ether oxygens (including phenoxy) is 1. The van der Waals surface area contributed by atoms with Crippen LogP contribution in [0.3, 0.4) is 0 Å². The van der Waals surface area contributed by atoms with Crippen LogP contribution in [0.5, 0.6) is 5.75 Å². The molecule has 0 saturated carbocycles. The average Bonchev–Trinajstić information content (AvgIpc) is 3.22. The van der Waals surface area contributed by atoms with Crippen molar-refractivity contribution in [2.24, 2.45) is 0 Å². The second-order valence-electron chi connectivity index (χ2n) is 9.20. The number of benzene rings is 4. The molecule has 4 aromatic carbocycles. The van der Waals surface area contributed by atoms with Crippen molar-refractivity contribution < 1.29 is 24.1 Å². The first-order chi connectivity index (χ1) is 19.0. The van der Waals surface area contributed by atoms with Gasteiger partial charge in [-0.1, -0.05) is 72.3 Å². The molecule has 5 aromatic rings. The number of carbonyl (C=O) groups is 1. The number of hydrogen-bond donors (Lipinski definition) is 2. The maximum Gasteiger partial charge on any atom is 0.338 e. The van der Waals surface area contributed by atoms with Crippen LogP contribution >= 0.6 is 11.6 Å². The summed E-state index contributed by atoms with van der Waals surface area (Å²) in [6.07, 6.45) is 0.886. The molecule has 0 amide bonds. The SMILES string of the molecule is O=C(O)c1ccc(OCCc2c(CCO)n(C(c3ccccc3)c3ccccc3)c3ccc(Cl)cc23)cc1F. The number of halogens is 2. The number of rotatable bonds is 10. The van der Waals surface area contributed by atoms with Gasteiger partial charge in [0, 0.05) is 47.1 Å². The van der Waals surface area contributed by atoms with E-state index in [4.69, 9.17) is 21.4 Å². The number of carboxylic acids is 1. The van der Waals surface area contributed by atoms with Crippen LogP contribution in [0.2, 0.25) is 5.02 Å². The van der Waals surface area contributed by atoms with Crippen LogP contribution in [-0.4, -0.2) is 34.0 Å². The van der Waals surface area contributed by atoms with Crippen LogP contribution in [0.4, 0.5) is 4.39 Å². The van der Waals surface area contributed by atoms with Crippen LogP contribution in [0.1, 0.15) is 38.8 Å². The Labute approximate surface area is 230 Å². The van der Waals surface area contributed by atoms with Crippen LogP contribution < -0.4 is 4.74 Å². The molecule has 198 valence electrons. The van der Waals surface area contributed by atoms with E-state index in [9.17, 15) is 14.3 Å². The largest absolute Gasteiger partial charge is 0.493 e. The van der Waals surface area contributed by atoms with Crippen LogP contribution in [0.25, 0.3) is 10.9 Å². The van der Waals surface area contributed by atoms with Crippen molar-refractivity contribution in [1.29, 1.82) is 0 Å². The highest BCUT2D eigenvalue weighted by Gasteiger charge is 2.25. The minimum absolute atomic E-state index is 0.0456. The molecule has 39 heavy (non-hydrogen) atoms. The Balaban J connectivity index is 1.59. The molecule has 0 aliphatic heterocycles. The molecular weight excluding hydrogens is 517 g/mol. The molecule has 0 spiro atoms. The van der Waals surface area contributed by atoms with Crippen molar-refractivity contribution in [2.45, 2.75) is 18.9 Å². The van der Waals surface area contributed by atoms with Crippen molar-refractivity contribution in [2.75, 3.05) is 13.2 Å². The predicted molar refractivity (Wildman–Crippen MR) is 150 cm³/mol. The molecule has 2 N–H and O–H groups in total. The van der Waals surface area contributed by atoms with Gasteiger partial charge in [0.05, 0.1) is 18.2 Å². The smallest absolute Gasteiger partial charge is 0.338 e. The molecule has 0 saturated heterocycles. The summed E-state index contributed by atoms with van der Waals surface area (Å²) < 4.78 is 22.3. The van der Waals surface area contributed by atoms with Gasteiger partial charge in [-0.05, 0) is 47.0 Å². The molecule has 0 unspecified atom stereocenters. The highest BCUT2D eigenvalue weighted by molar-refractivity contribution is 6.31. The Bertz CT molecular complexity index is 1560. The summed E-state index contributed by atoms with van der Waals surface area (Å²) >= 11 is 6.45. The van der Waals surface area contributed by atoms with Crippen molar-refractivity contribution >= 4 is 28.5 Å². The van der Waals surface area contributed by atoms with Gasteiger partial charge in [0.15, 0.2) is 0 Å². The molecule has 5 nitrogen and oxygen atoms in total. The summed E-state index contributed by atoms with van der Waals surface area (Å²) in [5.74, 6) is -1.93. The molecule has 1 heterocycles. The molecule has 0 radical (unpaired) electrons. The van der Waals surface area contributed by atoms with E-state index in [1.807, 2.05) is 54.6 Å². The van der Waals surface area contributed by atoms with E-state index in [0.717, 1.165) is 39.4 Å². The summed E-state index contributed by atoms with van der Waals surface area (Å²) in [4.78, 5) is 11.1. The average molecular weight is 544 g/mol. The van der Waals surface area contributed by atoms with E-state index in [-0.39, 0.29) is 25.0 Å². The fourth-order valence-electron chi connectivity index (χ4n) is 5.15. The van der Waals surface area contributed by atoms with Gasteiger partial charge in [-0.3, -0.25) is 0 Å². The predicted octanol–water partition coefficient (Wildman–Crippen LogP) is 6.93. The minimum Gasteiger partial charge on any atom is -0.493 e. The molecule has 0 aliphatic carbocycles. The number of aliphatic hydroxyl groups is 1. The molecule has 0 aliphatic rings. The van der Waals surface area contributed by atoms with E-state index >= 15 is 0 Å². The lowest BCUT2D eigenvalue weighted by Gasteiger charge is -2.24. The van der Waals surface area contributed by atoms with Gasteiger partial charge < -0.3 is 19.5 Å². The number of aliphatic hydroxyl groups excluding tert-OH is 1. The fraction of sp³-hybridized carbons (Fsp3) is 0.156. The third-order valence-corrected chi connectivity index (χ3v) is 7.05. The van der Waals surface area contributed by atoms with E-state index in [2.05, 4.69) is 28.8 Å². The third kappa shape index (κ3) is 5.53. The standard InChI is InChI=1S/C32H27ClFNO4/c33-23-11-14-29-27(19-23)25(16-18-39-24-12-13-26(32(37)38)28(34)20-24)30(15-17-36)35(29)31(21-7-3-1-4-8-21)22-9-5-2-6-10-22/h1-14,19-20,31,36H,15-18H2,(H,37,38). The summed E-state index contributed by atoms with van der Waals surface area (Å²) in [6.45, 7) is 0.174. The van der Waals surface area contributed by atoms with Gasteiger partial charge >= 0.3 is 5.97 Å². The first-order valence-electron chi connectivity index (χ1n) is 12.7. The van der Waals surface area contributed by atoms with Gasteiger partial charge in [0.2, 0.25) is 0 Å². The zero-order chi connectivity index (χ0) is 27.4. The summed E-state index contributed by atoms with van der Waals surface area (Å²) in [5, 5.41) is 20.8. The van der Waals surface area contributed by atoms with Gasteiger partial charge in [0.25, 0.3) is 0 Å². The Morgan fingerprint density at radius 2 is 1.56 bits per heavy atom. The number of fused-ring (bicyclic) bond motifs is 1. The van der Waals surface area contributed by atoms with Crippen molar-refractivity contribution in [3.63, 3.8) is 0 Å². The zero-order valence-electron chi connectivity index (χ0n) is 21.1. The summed E-state index contributed by atoms with van der Waals surface area (Å²) in [7, 11) is 0. The minimum atomic E-state index is -1.33. The molecule has 0 fully saturated rings. The molecule has 7 heteroatoms. The monoisotopic (exact) mass is 543 g/mol. The Morgan fingerprint density at radius 3 is 2.15 bits per heavy atom. The maximum atomic E-state index is 14.2. The topological polar surface area (TPSA) is 71.7 Å². The number of nitrogens with zero attached hydrogens (tertiary/aromatic N) is 1. The summed E-state index contributed by atoms with van der Waals surface area (Å²) in [5.41, 5.74) is 4.73. The van der Waals surface area contributed by atoms with Gasteiger partial charge in [-0.25, -0.2) is 9.18 Å². The molecule has 1 aromatic heterocycles. The normalized spacial score (nSPS) is 11.3. The van der Waals surface area contributed by atoms with Gasteiger partial charge in [-0.2, -0.15) is 0 Å². The highest BCUT2D eigenvalue weighted by atomic mass is 35.5. The first kappa shape index (κ1) is 26.5. The highest BCUT2D eigenvalue weighted by Crippen LogP contribution is 2.37. The Morgan fingerprint density at radius 1 is 0.897 bits per heavy atom. The number of hydrogen-bond acceptors (Lipinski definition) is 3. The van der Waals surface area contributed by atoms with E-state index in [1.54, 1.807) is 0 Å². The number of aromatic nitrogens is 1. The van der Waals surface area contributed by atoms with Crippen molar-refractivity contribution in [1.82, 2.24) is 4.57 Å². The number of aromatic carboxylic acids is 1. The van der Waals surface area contributed by atoms with E-state index in [0.29, 0.717) is 17.9 Å². The second-order valence-corrected chi connectivity index (χ2v) is 9.64. The van der Waals surface area contributed by atoms with E-state index < -0.39 is 17.3 Å². The lowest BCUT2D eigenvalue weighted by Crippen LogP contribution is -2.17. The van der Waals surface area contributed by atoms with Crippen LogP contribution in [-0.2, 0) is 12.8 Å². The number of carboxylic acid groups (broad SMARTS) is 1. The lowest BCUT2D eigenvalue weighted by atomic mass is 9.97. The lowest BCUT2D eigenvalue weighted by molar-refractivity contribution is 0.0692. The Kier molecular flexibility index (Phi) is 7.96. The van der Waals surface area contributed by atoms with Crippen molar-refractivity contribution in [3.05, 3.63) is 136 Å². The van der Waals surface area contributed by atoms with E-state index in [1.165, 1.54) is 12.1 Å². The van der Waals surface area contributed by atoms with Gasteiger partial charge in [-0.15, -0.1) is 0 Å².